The molecule has 3 aliphatic rings. The second-order valence-corrected chi connectivity index (χ2v) is 9.54. The van der Waals surface area contributed by atoms with Gasteiger partial charge >= 0.3 is 0 Å². The van der Waals surface area contributed by atoms with Gasteiger partial charge in [-0.1, -0.05) is 30.3 Å². The lowest BCUT2D eigenvalue weighted by atomic mass is 9.70. The number of unbranched alkanes of at least 4 members (excludes halogenated alkanes) is 2. The predicted octanol–water partition coefficient (Wildman–Crippen LogP) is 2.06. The molecule has 0 radical (unpaired) electrons. The quantitative estimate of drug-likeness (QED) is 0.518. The number of nitrogens with one attached hydrogen (secondary N) is 2. The molecule has 34 heavy (non-hydrogen) atoms. The van der Waals surface area contributed by atoms with E-state index < -0.39 is 23.5 Å². The molecule has 3 heterocycles. The summed E-state index contributed by atoms with van der Waals surface area (Å²) in [6.45, 7) is 0.483. The number of nitrogens with zero attached hydrogens (tertiary/aromatic N) is 1. The molecule has 3 amide bonds. The van der Waals surface area contributed by atoms with E-state index in [0.29, 0.717) is 37.9 Å². The molecule has 3 aliphatic heterocycles. The van der Waals surface area contributed by atoms with Crippen molar-refractivity contribution >= 4 is 34.2 Å². The zero-order valence-electron chi connectivity index (χ0n) is 19.3. The average Bonchev–Trinajstić information content (AvgIpc) is 3.48. The fourth-order valence-corrected chi connectivity index (χ4v) is 6.21. The van der Waals surface area contributed by atoms with Crippen LogP contribution in [0.3, 0.4) is 0 Å². The highest BCUT2D eigenvalue weighted by Crippen LogP contribution is 2.58. The molecule has 2 aromatic carbocycles. The lowest BCUT2D eigenvalue weighted by molar-refractivity contribution is -0.140. The van der Waals surface area contributed by atoms with Gasteiger partial charge in [0, 0.05) is 25.9 Å². The topological polar surface area (TPSA) is 108 Å². The third-order valence-electron chi connectivity index (χ3n) is 7.67. The first kappa shape index (κ1) is 22.8. The van der Waals surface area contributed by atoms with Crippen molar-refractivity contribution in [2.45, 2.75) is 49.9 Å². The molecule has 8 heteroatoms. The van der Waals surface area contributed by atoms with Gasteiger partial charge in [-0.2, -0.15) is 0 Å². The van der Waals surface area contributed by atoms with Crippen LogP contribution in [0, 0.1) is 11.8 Å². The summed E-state index contributed by atoms with van der Waals surface area (Å²) in [5.74, 6) is -1.91. The highest BCUT2D eigenvalue weighted by molar-refractivity contribution is 6.04. The van der Waals surface area contributed by atoms with Crippen molar-refractivity contribution in [1.82, 2.24) is 10.2 Å². The summed E-state index contributed by atoms with van der Waals surface area (Å²) in [5, 5.41) is 16.9. The molecule has 8 nitrogen and oxygen atoms in total. The maximum atomic E-state index is 13.7. The Bertz CT molecular complexity index is 1120. The Kier molecular flexibility index (Phi) is 6.04. The highest BCUT2D eigenvalue weighted by atomic mass is 16.5. The van der Waals surface area contributed by atoms with Crippen molar-refractivity contribution in [3.8, 4) is 0 Å². The minimum atomic E-state index is -0.989. The van der Waals surface area contributed by atoms with Crippen LogP contribution in [0.1, 0.15) is 32.1 Å². The third kappa shape index (κ3) is 3.56. The SMILES string of the molecule is CNC(=O)[C@@H]1[C@@H]2CCC3(O2)C(C(=O)Nc2ccc4ccccc4c2)N(CCCCCO)C(=O)[C@H]13. The Morgan fingerprint density at radius 1 is 1.12 bits per heavy atom. The van der Waals surface area contributed by atoms with Crippen molar-refractivity contribution in [3.05, 3.63) is 42.5 Å². The van der Waals surface area contributed by atoms with E-state index >= 15 is 0 Å². The van der Waals surface area contributed by atoms with Crippen LogP contribution < -0.4 is 10.6 Å². The average molecular weight is 466 g/mol. The van der Waals surface area contributed by atoms with Gasteiger partial charge in [0.2, 0.25) is 17.7 Å². The summed E-state index contributed by atoms with van der Waals surface area (Å²) in [5.41, 5.74) is -0.330. The molecule has 3 N–H and O–H groups in total. The predicted molar refractivity (Wildman–Crippen MR) is 127 cm³/mol. The molecule has 3 fully saturated rings. The van der Waals surface area contributed by atoms with E-state index in [9.17, 15) is 14.4 Å². The van der Waals surface area contributed by atoms with E-state index in [0.717, 1.165) is 17.2 Å². The molecule has 2 bridgehead atoms. The van der Waals surface area contributed by atoms with Crippen molar-refractivity contribution < 1.29 is 24.2 Å². The van der Waals surface area contributed by atoms with Crippen LogP contribution in [-0.4, -0.2) is 65.7 Å². The highest BCUT2D eigenvalue weighted by Gasteiger charge is 2.74. The lowest BCUT2D eigenvalue weighted by Gasteiger charge is -2.33. The number of fused-ring (bicyclic) bond motifs is 2. The van der Waals surface area contributed by atoms with E-state index in [1.165, 1.54) is 0 Å². The number of carbonyl (C=O) groups excluding carboxylic acids is 3. The van der Waals surface area contributed by atoms with Gasteiger partial charge in [-0.3, -0.25) is 14.4 Å². The van der Waals surface area contributed by atoms with Crippen molar-refractivity contribution in [3.63, 3.8) is 0 Å². The van der Waals surface area contributed by atoms with Crippen LogP contribution >= 0.6 is 0 Å². The van der Waals surface area contributed by atoms with Crippen molar-refractivity contribution in [1.29, 1.82) is 0 Å². The second-order valence-electron chi connectivity index (χ2n) is 9.54. The van der Waals surface area contributed by atoms with Gasteiger partial charge in [-0.25, -0.2) is 0 Å². The Morgan fingerprint density at radius 2 is 1.91 bits per heavy atom. The van der Waals surface area contributed by atoms with Gasteiger partial charge in [0.05, 0.1) is 17.9 Å². The van der Waals surface area contributed by atoms with Crippen LogP contribution in [0.25, 0.3) is 10.8 Å². The smallest absolute Gasteiger partial charge is 0.250 e. The zero-order chi connectivity index (χ0) is 23.9. The molecule has 0 aromatic heterocycles. The number of ether oxygens (including phenoxy) is 1. The minimum absolute atomic E-state index is 0.0932. The van der Waals surface area contributed by atoms with Crippen molar-refractivity contribution in [2.75, 3.05) is 25.5 Å². The number of likely N-dealkylation sites (tertiary alicyclic amines) is 1. The van der Waals surface area contributed by atoms with Crippen LogP contribution in [0.15, 0.2) is 42.5 Å². The monoisotopic (exact) mass is 465 g/mol. The normalized spacial score (nSPS) is 29.5. The number of carbonyl (C=O) groups is 3. The molecule has 2 unspecified atom stereocenters. The first-order chi connectivity index (χ1) is 16.5. The van der Waals surface area contributed by atoms with E-state index in [4.69, 9.17) is 9.84 Å². The number of hydrogen-bond donors (Lipinski definition) is 3. The van der Waals surface area contributed by atoms with Crippen molar-refractivity contribution in [2.24, 2.45) is 11.8 Å². The number of amides is 3. The number of aliphatic hydroxyl groups excluding tert-OH is 1. The number of aliphatic hydroxyl groups is 1. The molecule has 0 aliphatic carbocycles. The maximum Gasteiger partial charge on any atom is 0.250 e. The molecule has 5 rings (SSSR count). The molecule has 2 aromatic rings. The van der Waals surface area contributed by atoms with E-state index in [1.54, 1.807) is 11.9 Å². The summed E-state index contributed by atoms with van der Waals surface area (Å²) in [6.07, 6.45) is 2.94. The summed E-state index contributed by atoms with van der Waals surface area (Å²) in [6, 6.07) is 12.9. The number of hydrogen-bond acceptors (Lipinski definition) is 5. The number of benzene rings is 2. The van der Waals surface area contributed by atoms with Gasteiger partial charge < -0.3 is 25.4 Å². The third-order valence-corrected chi connectivity index (χ3v) is 7.67. The molecular formula is C26H31N3O5. The fraction of sp³-hybridized carbons (Fsp3) is 0.500. The minimum Gasteiger partial charge on any atom is -0.396 e. The van der Waals surface area contributed by atoms with E-state index in [1.807, 2.05) is 42.5 Å². The molecule has 1 spiro atoms. The molecule has 5 atom stereocenters. The van der Waals surface area contributed by atoms with Gasteiger partial charge in [0.25, 0.3) is 0 Å². The second kappa shape index (κ2) is 9.00. The molecule has 180 valence electrons. The first-order valence-corrected chi connectivity index (χ1v) is 12.1. The van der Waals surface area contributed by atoms with Gasteiger partial charge in [-0.15, -0.1) is 0 Å². The maximum absolute atomic E-state index is 13.7. The van der Waals surface area contributed by atoms with Crippen LogP contribution in [0.2, 0.25) is 0 Å². The number of anilines is 1. The standard InChI is InChI=1S/C26H31N3O5/c1-27-23(31)20-19-11-12-26(34-19)21(20)25(33)29(13-5-2-6-14-30)22(26)24(32)28-18-10-9-16-7-3-4-8-17(16)15-18/h3-4,7-10,15,19-22,30H,2,5-6,11-14H2,1H3,(H,27,31)(H,28,32)/t19-,20+,21-,22?,26?/m0/s1. The summed E-state index contributed by atoms with van der Waals surface area (Å²) >= 11 is 0. The van der Waals surface area contributed by atoms with Crippen LogP contribution in [-0.2, 0) is 19.1 Å². The zero-order valence-corrected chi connectivity index (χ0v) is 19.3. The number of rotatable bonds is 8. The lowest BCUT2D eigenvalue weighted by Crippen LogP contribution is -2.53. The Labute approximate surface area is 198 Å². The van der Waals surface area contributed by atoms with Crippen LogP contribution in [0.4, 0.5) is 5.69 Å². The molecular weight excluding hydrogens is 434 g/mol. The molecule has 3 saturated heterocycles. The van der Waals surface area contributed by atoms with Gasteiger partial charge in [0.1, 0.15) is 11.6 Å². The summed E-state index contributed by atoms with van der Waals surface area (Å²) < 4.78 is 6.37. The Hall–Kier alpha value is -2.97. The van der Waals surface area contributed by atoms with Gasteiger partial charge in [0.15, 0.2) is 0 Å². The van der Waals surface area contributed by atoms with Gasteiger partial charge in [-0.05, 0) is 55.0 Å². The van der Waals surface area contributed by atoms with Crippen LogP contribution in [0.5, 0.6) is 0 Å². The Morgan fingerprint density at radius 3 is 2.68 bits per heavy atom. The molecule has 0 saturated carbocycles. The summed E-state index contributed by atoms with van der Waals surface area (Å²) in [7, 11) is 1.57. The fourth-order valence-electron chi connectivity index (χ4n) is 6.21. The van der Waals surface area contributed by atoms with E-state index in [2.05, 4.69) is 10.6 Å². The first-order valence-electron chi connectivity index (χ1n) is 12.1. The Balaban J connectivity index is 1.45. The largest absolute Gasteiger partial charge is 0.396 e. The van der Waals surface area contributed by atoms with E-state index in [-0.39, 0.29) is 30.4 Å². The summed E-state index contributed by atoms with van der Waals surface area (Å²) in [4.78, 5) is 41.7.